The third-order valence-corrected chi connectivity index (χ3v) is 10.6. The van der Waals surface area contributed by atoms with Crippen LogP contribution in [0, 0.1) is 0 Å². The van der Waals surface area contributed by atoms with Crippen LogP contribution in [0.3, 0.4) is 0 Å². The zero-order chi connectivity index (χ0) is 30.8. The van der Waals surface area contributed by atoms with Gasteiger partial charge in [0.05, 0.1) is 0 Å². The molecule has 222 valence electrons. The van der Waals surface area contributed by atoms with Crippen LogP contribution in [0.5, 0.6) is 0 Å². The summed E-state index contributed by atoms with van der Waals surface area (Å²) in [7, 11) is 0. The lowest BCUT2D eigenvalue weighted by Crippen LogP contribution is -2.19. The number of hydrogen-bond donors (Lipinski definition) is 0. The van der Waals surface area contributed by atoms with Crippen LogP contribution in [0.4, 0.5) is 0 Å². The van der Waals surface area contributed by atoms with Crippen LogP contribution >= 0.6 is 34.0 Å². The van der Waals surface area contributed by atoms with Crippen molar-refractivity contribution < 1.29 is 0 Å². The minimum absolute atomic E-state index is 0.280. The first-order chi connectivity index (χ1) is 17.1. The van der Waals surface area contributed by atoms with Gasteiger partial charge in [-0.05, 0) is 83.5 Å². The van der Waals surface area contributed by atoms with Crippen molar-refractivity contribution in [3.63, 3.8) is 0 Å². The van der Waals surface area contributed by atoms with Gasteiger partial charge >= 0.3 is 0 Å². The zero-order valence-corrected chi connectivity index (χ0v) is 31.1. The molecular weight excluding hydrogens is 529 g/mol. The lowest BCUT2D eigenvalue weighted by molar-refractivity contribution is 0.534. The molecule has 3 heterocycles. The Morgan fingerprint density at radius 1 is 0.410 bits per heavy atom. The van der Waals surface area contributed by atoms with Crippen LogP contribution in [0.1, 0.15) is 156 Å². The smallest absolute Gasteiger partial charge is 0.0102 e. The van der Waals surface area contributed by atoms with Crippen molar-refractivity contribution in [2.45, 2.75) is 157 Å². The Labute approximate surface area is 255 Å². The fourth-order valence-electron chi connectivity index (χ4n) is 3.73. The molecule has 0 bridgehead atoms. The molecular formula is C36H60S3. The van der Waals surface area contributed by atoms with Crippen LogP contribution in [-0.4, -0.2) is 0 Å². The van der Waals surface area contributed by atoms with Crippen molar-refractivity contribution in [2.24, 2.45) is 0 Å². The average molecular weight is 589 g/mol. The van der Waals surface area contributed by atoms with Crippen LogP contribution in [0.15, 0.2) is 34.3 Å². The first-order valence-electron chi connectivity index (χ1n) is 14.4. The second-order valence-corrected chi connectivity index (χ2v) is 19.8. The molecule has 0 aromatic carbocycles. The van der Waals surface area contributed by atoms with Crippen molar-refractivity contribution >= 4 is 34.0 Å². The summed E-state index contributed by atoms with van der Waals surface area (Å²) in [5, 5.41) is 6.88. The van der Waals surface area contributed by atoms with Crippen molar-refractivity contribution in [3.05, 3.63) is 65.7 Å². The van der Waals surface area contributed by atoms with E-state index in [2.05, 4.69) is 159 Å². The maximum absolute atomic E-state index is 2.35. The molecule has 0 saturated carbocycles. The molecule has 0 amide bonds. The van der Waals surface area contributed by atoms with E-state index in [0.717, 1.165) is 0 Å². The summed E-state index contributed by atoms with van der Waals surface area (Å²) in [6.45, 7) is 40.9. The highest BCUT2D eigenvalue weighted by atomic mass is 32.1. The van der Waals surface area contributed by atoms with Gasteiger partial charge in [0.15, 0.2) is 0 Å². The zero-order valence-electron chi connectivity index (χ0n) is 28.7. The number of rotatable bonds is 0. The van der Waals surface area contributed by atoms with Crippen molar-refractivity contribution in [1.29, 1.82) is 0 Å². The van der Waals surface area contributed by atoms with Crippen molar-refractivity contribution in [2.75, 3.05) is 0 Å². The standard InChI is InChI=1S/3C12H20S/c1-11(2,3)9-7-13-8-10(9)12(4,5)6;1-11(2,3)9-7-10(13-8-9)12(4,5)6;1-11(2,3)9-7-8-10(13-9)12(4,5)6/h3*7-8H,1-6H3. The van der Waals surface area contributed by atoms with E-state index in [1.54, 1.807) is 0 Å². The molecule has 0 aliphatic heterocycles. The van der Waals surface area contributed by atoms with Gasteiger partial charge in [0, 0.05) is 14.6 Å². The molecule has 0 nitrogen and oxygen atoms in total. The summed E-state index contributed by atoms with van der Waals surface area (Å²) < 4.78 is 0. The van der Waals surface area contributed by atoms with E-state index in [1.807, 2.05) is 34.0 Å². The molecule has 0 saturated heterocycles. The number of thiophene rings is 3. The summed E-state index contributed by atoms with van der Waals surface area (Å²) in [6, 6.07) is 6.89. The molecule has 3 aromatic rings. The van der Waals surface area contributed by atoms with Crippen molar-refractivity contribution in [1.82, 2.24) is 0 Å². The van der Waals surface area contributed by atoms with Gasteiger partial charge in [0.1, 0.15) is 0 Å². The second kappa shape index (κ2) is 12.5. The fraction of sp³-hybridized carbons (Fsp3) is 0.667. The van der Waals surface area contributed by atoms with E-state index >= 15 is 0 Å². The van der Waals surface area contributed by atoms with Gasteiger partial charge in [-0.1, -0.05) is 125 Å². The largest absolute Gasteiger partial charge is 0.152 e. The maximum Gasteiger partial charge on any atom is 0.0102 e. The van der Waals surface area contributed by atoms with Crippen LogP contribution < -0.4 is 0 Å². The monoisotopic (exact) mass is 588 g/mol. The Kier molecular flexibility index (Phi) is 11.6. The molecule has 0 unspecified atom stereocenters. The molecule has 39 heavy (non-hydrogen) atoms. The summed E-state index contributed by atoms with van der Waals surface area (Å²) in [6.07, 6.45) is 0. The first kappa shape index (κ1) is 36.1. The van der Waals surface area contributed by atoms with E-state index in [9.17, 15) is 0 Å². The van der Waals surface area contributed by atoms with Gasteiger partial charge < -0.3 is 0 Å². The Hall–Kier alpha value is -0.900. The quantitative estimate of drug-likeness (QED) is 0.245. The first-order valence-corrected chi connectivity index (χ1v) is 17.1. The molecule has 0 aliphatic rings. The van der Waals surface area contributed by atoms with Gasteiger partial charge in [-0.3, -0.25) is 0 Å². The van der Waals surface area contributed by atoms with Gasteiger partial charge in [-0.15, -0.1) is 22.7 Å². The summed E-state index contributed by atoms with van der Waals surface area (Å²) in [4.78, 5) is 4.45. The van der Waals surface area contributed by atoms with E-state index in [-0.39, 0.29) is 10.8 Å². The minimum Gasteiger partial charge on any atom is -0.152 e. The molecule has 3 aromatic heterocycles. The highest BCUT2D eigenvalue weighted by Crippen LogP contribution is 2.37. The van der Waals surface area contributed by atoms with Crippen LogP contribution in [-0.2, 0) is 32.5 Å². The summed E-state index contributed by atoms with van der Waals surface area (Å²) in [5.41, 5.74) is 6.22. The second-order valence-electron chi connectivity index (χ2n) is 17.1. The van der Waals surface area contributed by atoms with E-state index in [0.29, 0.717) is 21.7 Å². The molecule has 0 radical (unpaired) electrons. The lowest BCUT2D eigenvalue weighted by atomic mass is 9.78. The number of hydrogen-bond acceptors (Lipinski definition) is 3. The molecule has 0 spiro atoms. The maximum atomic E-state index is 2.35. The third kappa shape index (κ3) is 11.5. The Morgan fingerprint density at radius 3 is 0.974 bits per heavy atom. The SMILES string of the molecule is CC(C)(C)c1ccc(C(C)(C)C)s1.CC(C)(C)c1csc(C(C)(C)C)c1.CC(C)(C)c1cscc1C(C)(C)C. The Balaban J connectivity index is 0.000000292. The molecule has 0 aliphatic carbocycles. The van der Waals surface area contributed by atoms with E-state index < -0.39 is 0 Å². The predicted octanol–water partition coefficient (Wildman–Crippen LogP) is 13.0. The topological polar surface area (TPSA) is 0 Å². The lowest BCUT2D eigenvalue weighted by Gasteiger charge is -2.26. The Bertz CT molecular complexity index is 991. The van der Waals surface area contributed by atoms with Crippen molar-refractivity contribution in [3.8, 4) is 0 Å². The molecule has 0 fully saturated rings. The van der Waals surface area contributed by atoms with E-state index in [4.69, 9.17) is 0 Å². The highest BCUT2D eigenvalue weighted by molar-refractivity contribution is 7.12. The Morgan fingerprint density at radius 2 is 0.769 bits per heavy atom. The molecule has 0 atom stereocenters. The average Bonchev–Trinajstić information content (AvgIpc) is 3.45. The van der Waals surface area contributed by atoms with Gasteiger partial charge in [-0.2, -0.15) is 11.3 Å². The molecule has 3 rings (SSSR count). The predicted molar refractivity (Wildman–Crippen MR) is 185 cm³/mol. The fourth-order valence-corrected chi connectivity index (χ4v) is 7.37. The van der Waals surface area contributed by atoms with Crippen LogP contribution in [0.2, 0.25) is 0 Å². The highest BCUT2D eigenvalue weighted by Gasteiger charge is 2.25. The van der Waals surface area contributed by atoms with Gasteiger partial charge in [0.25, 0.3) is 0 Å². The minimum atomic E-state index is 0.280. The summed E-state index contributed by atoms with van der Waals surface area (Å²) in [5.74, 6) is 0. The van der Waals surface area contributed by atoms with Gasteiger partial charge in [-0.25, -0.2) is 0 Å². The van der Waals surface area contributed by atoms with Gasteiger partial charge in [0.2, 0.25) is 0 Å². The third-order valence-electron chi connectivity index (χ3n) is 6.57. The van der Waals surface area contributed by atoms with E-state index in [1.165, 1.54) is 31.3 Å². The molecule has 3 heteroatoms. The normalized spacial score (nSPS) is 13.4. The summed E-state index contributed by atoms with van der Waals surface area (Å²) >= 11 is 5.65. The van der Waals surface area contributed by atoms with Crippen LogP contribution in [0.25, 0.3) is 0 Å². The molecule has 0 N–H and O–H groups in total.